The first-order valence-corrected chi connectivity index (χ1v) is 9.98. The topological polar surface area (TPSA) is 58.5 Å². The van der Waals surface area contributed by atoms with Gasteiger partial charge in [-0.2, -0.15) is 18.3 Å². The fraction of sp³-hybridized carbons (Fsp3) is 0.167. The van der Waals surface area contributed by atoms with E-state index in [0.717, 1.165) is 39.7 Å². The lowest BCUT2D eigenvalue weighted by molar-refractivity contribution is -0.0605. The van der Waals surface area contributed by atoms with E-state index in [4.69, 9.17) is 11.6 Å². The normalized spacial score (nSPS) is 12.4. The molecule has 0 saturated heterocycles. The summed E-state index contributed by atoms with van der Waals surface area (Å²) in [7, 11) is 0. The molecule has 3 rings (SSSR count). The Morgan fingerprint density at radius 3 is 2.52 bits per heavy atom. The smallest absolute Gasteiger partial charge is 0.293 e. The summed E-state index contributed by atoms with van der Waals surface area (Å²) in [4.78, 5) is 25.2. The summed E-state index contributed by atoms with van der Waals surface area (Å²) >= 11 is 7.97. The highest BCUT2D eigenvalue weighted by Gasteiger charge is 2.38. The van der Waals surface area contributed by atoms with Gasteiger partial charge in [0.2, 0.25) is 0 Å². The number of nitrogens with zero attached hydrogens (tertiary/aromatic N) is 1. The van der Waals surface area contributed by atoms with Gasteiger partial charge in [0.1, 0.15) is 16.4 Å². The Morgan fingerprint density at radius 2 is 1.90 bits per heavy atom. The highest BCUT2D eigenvalue weighted by molar-refractivity contribution is 7.21. The molecular weight excluding hydrogens is 452 g/mol. The van der Waals surface area contributed by atoms with E-state index in [1.165, 1.54) is 12.1 Å². The Kier molecular flexibility index (Phi) is 6.06. The minimum atomic E-state index is -4.91. The largest absolute Gasteiger partial charge is 0.431 e. The number of carbonyl (C=O) groups is 2. The SMILES string of the molecule is Cc1ccc(C(=O)CC(=NNC(=O)c2sc3cc(F)ccc3c2Cl)C(F)(F)F)s1. The van der Waals surface area contributed by atoms with Crippen LogP contribution in [-0.2, 0) is 0 Å². The van der Waals surface area contributed by atoms with E-state index in [0.29, 0.717) is 10.1 Å². The van der Waals surface area contributed by atoms with Crippen LogP contribution in [0, 0.1) is 12.7 Å². The molecule has 29 heavy (non-hydrogen) atoms. The Labute approximate surface area is 174 Å². The molecule has 3 aromatic rings. The van der Waals surface area contributed by atoms with Crippen LogP contribution in [0.2, 0.25) is 5.02 Å². The molecular formula is C18H11ClF4N2O2S2. The minimum Gasteiger partial charge on any atom is -0.293 e. The predicted molar refractivity (Wildman–Crippen MR) is 106 cm³/mol. The van der Waals surface area contributed by atoms with E-state index < -0.39 is 35.8 Å². The Morgan fingerprint density at radius 1 is 1.17 bits per heavy atom. The fourth-order valence-corrected chi connectivity index (χ4v) is 4.62. The third-order valence-electron chi connectivity index (χ3n) is 3.76. The second-order valence-electron chi connectivity index (χ2n) is 5.89. The lowest BCUT2D eigenvalue weighted by Crippen LogP contribution is -2.30. The Hall–Kier alpha value is -2.30. The summed E-state index contributed by atoms with van der Waals surface area (Å²) in [6.45, 7) is 1.72. The van der Waals surface area contributed by atoms with Gasteiger partial charge < -0.3 is 0 Å². The van der Waals surface area contributed by atoms with Crippen molar-refractivity contribution in [3.8, 4) is 0 Å². The van der Waals surface area contributed by atoms with Gasteiger partial charge in [0, 0.05) is 15.0 Å². The molecule has 2 aromatic heterocycles. The maximum absolute atomic E-state index is 13.3. The zero-order valence-corrected chi connectivity index (χ0v) is 17.0. The van der Waals surface area contributed by atoms with Crippen LogP contribution in [0.1, 0.15) is 30.6 Å². The van der Waals surface area contributed by atoms with Gasteiger partial charge in [0.05, 0.1) is 16.3 Å². The molecule has 0 bridgehead atoms. The van der Waals surface area contributed by atoms with Gasteiger partial charge in [-0.05, 0) is 37.3 Å². The third-order valence-corrected chi connectivity index (χ3v) is 6.46. The van der Waals surface area contributed by atoms with Crippen molar-refractivity contribution in [3.63, 3.8) is 0 Å². The van der Waals surface area contributed by atoms with Gasteiger partial charge >= 0.3 is 6.18 Å². The summed E-state index contributed by atoms with van der Waals surface area (Å²) in [5.41, 5.74) is 0.357. The van der Waals surface area contributed by atoms with Crippen LogP contribution in [0.15, 0.2) is 35.4 Å². The number of carbonyl (C=O) groups excluding carboxylic acids is 2. The lowest BCUT2D eigenvalue weighted by atomic mass is 10.1. The molecule has 0 saturated carbocycles. The van der Waals surface area contributed by atoms with Crippen molar-refractivity contribution in [2.24, 2.45) is 5.10 Å². The number of benzene rings is 1. The van der Waals surface area contributed by atoms with Crippen LogP contribution < -0.4 is 5.43 Å². The number of hydrogen-bond acceptors (Lipinski definition) is 5. The van der Waals surface area contributed by atoms with Crippen molar-refractivity contribution in [1.29, 1.82) is 0 Å². The fourth-order valence-electron chi connectivity index (χ4n) is 2.38. The number of ketones is 1. The van der Waals surface area contributed by atoms with E-state index in [2.05, 4.69) is 5.10 Å². The molecule has 1 N–H and O–H groups in total. The molecule has 0 atom stereocenters. The summed E-state index contributed by atoms with van der Waals surface area (Å²) in [6.07, 6.45) is -5.93. The van der Waals surface area contributed by atoms with Gasteiger partial charge in [0.25, 0.3) is 5.91 Å². The van der Waals surface area contributed by atoms with Crippen LogP contribution in [0.3, 0.4) is 0 Å². The van der Waals surface area contributed by atoms with E-state index in [-0.39, 0.29) is 14.8 Å². The minimum absolute atomic E-state index is 0.0172. The standard InChI is InChI=1S/C18H11ClF4N2O2S2/c1-8-2-5-12(28-8)11(26)7-14(18(21,22)23)24-25-17(27)16-15(19)10-4-3-9(20)6-13(10)29-16/h2-6H,7H2,1H3,(H,25,27). The van der Waals surface area contributed by atoms with Gasteiger partial charge in [-0.1, -0.05) is 11.6 Å². The molecule has 1 amide bonds. The van der Waals surface area contributed by atoms with Crippen LogP contribution >= 0.6 is 34.3 Å². The number of Topliss-reactive ketones (excluding diaryl/α,β-unsaturated/α-hetero) is 1. The molecule has 0 fully saturated rings. The molecule has 152 valence electrons. The van der Waals surface area contributed by atoms with Crippen LogP contribution in [0.5, 0.6) is 0 Å². The number of amides is 1. The van der Waals surface area contributed by atoms with E-state index >= 15 is 0 Å². The zero-order chi connectivity index (χ0) is 21.3. The first-order valence-electron chi connectivity index (χ1n) is 7.97. The highest BCUT2D eigenvalue weighted by Crippen LogP contribution is 2.35. The van der Waals surface area contributed by atoms with Crippen LogP contribution in [0.25, 0.3) is 10.1 Å². The number of halogens is 5. The first kappa shape index (κ1) is 21.4. The van der Waals surface area contributed by atoms with E-state index in [1.54, 1.807) is 18.4 Å². The average molecular weight is 463 g/mol. The van der Waals surface area contributed by atoms with Crippen molar-refractivity contribution in [1.82, 2.24) is 5.43 Å². The monoisotopic (exact) mass is 462 g/mol. The second kappa shape index (κ2) is 8.21. The molecule has 0 spiro atoms. The van der Waals surface area contributed by atoms with E-state index in [1.807, 2.05) is 0 Å². The van der Waals surface area contributed by atoms with Crippen LogP contribution in [0.4, 0.5) is 17.6 Å². The third kappa shape index (κ3) is 4.82. The number of thiophene rings is 2. The molecule has 4 nitrogen and oxygen atoms in total. The molecule has 11 heteroatoms. The second-order valence-corrected chi connectivity index (χ2v) is 8.61. The number of fused-ring (bicyclic) bond motifs is 1. The molecule has 1 aromatic carbocycles. The number of alkyl halides is 3. The summed E-state index contributed by atoms with van der Waals surface area (Å²) in [6, 6.07) is 6.74. The van der Waals surface area contributed by atoms with Gasteiger partial charge in [0.15, 0.2) is 5.78 Å². The summed E-state index contributed by atoms with van der Waals surface area (Å²) in [5.74, 6) is -2.29. The number of nitrogens with one attached hydrogen (secondary N) is 1. The predicted octanol–water partition coefficient (Wildman–Crippen LogP) is 5.98. The Bertz CT molecular complexity index is 1130. The highest BCUT2D eigenvalue weighted by atomic mass is 35.5. The molecule has 0 radical (unpaired) electrons. The molecule has 0 unspecified atom stereocenters. The molecule has 0 aliphatic rings. The zero-order valence-electron chi connectivity index (χ0n) is 14.6. The Balaban J connectivity index is 1.83. The molecule has 0 aliphatic carbocycles. The van der Waals surface area contributed by atoms with Gasteiger partial charge in [-0.15, -0.1) is 22.7 Å². The van der Waals surface area contributed by atoms with Gasteiger partial charge in [-0.25, -0.2) is 9.82 Å². The lowest BCUT2D eigenvalue weighted by Gasteiger charge is -2.09. The van der Waals surface area contributed by atoms with Crippen molar-refractivity contribution in [2.45, 2.75) is 19.5 Å². The van der Waals surface area contributed by atoms with E-state index in [9.17, 15) is 27.2 Å². The summed E-state index contributed by atoms with van der Waals surface area (Å²) < 4.78 is 53.4. The summed E-state index contributed by atoms with van der Waals surface area (Å²) in [5, 5.41) is 3.50. The quantitative estimate of drug-likeness (QED) is 0.219. The van der Waals surface area contributed by atoms with Crippen LogP contribution in [-0.4, -0.2) is 23.6 Å². The van der Waals surface area contributed by atoms with Gasteiger partial charge in [-0.3, -0.25) is 9.59 Å². The number of hydrazone groups is 1. The van der Waals surface area contributed by atoms with Crippen molar-refractivity contribution < 1.29 is 27.2 Å². The maximum Gasteiger partial charge on any atom is 0.431 e. The number of hydrogen-bond donors (Lipinski definition) is 1. The number of rotatable bonds is 5. The first-order chi connectivity index (χ1) is 13.6. The maximum atomic E-state index is 13.3. The average Bonchev–Trinajstić information content (AvgIpc) is 3.20. The van der Waals surface area contributed by atoms with Crippen molar-refractivity contribution in [3.05, 3.63) is 55.8 Å². The number of aryl methyl sites for hydroxylation is 1. The molecule has 2 heterocycles. The van der Waals surface area contributed by atoms with Crippen molar-refractivity contribution >= 4 is 61.8 Å². The molecule has 0 aliphatic heterocycles. The van der Waals surface area contributed by atoms with Crippen molar-refractivity contribution in [2.75, 3.05) is 0 Å².